The van der Waals surface area contributed by atoms with Crippen molar-refractivity contribution in [2.24, 2.45) is 10.9 Å². The van der Waals surface area contributed by atoms with Crippen molar-refractivity contribution in [1.82, 2.24) is 15.5 Å². The molecule has 1 heterocycles. The third-order valence-corrected chi connectivity index (χ3v) is 3.76. The van der Waals surface area contributed by atoms with Crippen molar-refractivity contribution in [3.8, 4) is 0 Å². The molecule has 0 aromatic heterocycles. The monoisotopic (exact) mass is 308 g/mol. The third-order valence-electron chi connectivity index (χ3n) is 3.76. The van der Waals surface area contributed by atoms with Gasteiger partial charge in [0, 0.05) is 32.7 Å². The summed E-state index contributed by atoms with van der Waals surface area (Å²) in [6.07, 6.45) is -2.66. The zero-order chi connectivity index (χ0) is 15.9. The van der Waals surface area contributed by atoms with E-state index in [9.17, 15) is 13.2 Å². The fourth-order valence-electron chi connectivity index (χ4n) is 2.52. The molecule has 0 aromatic carbocycles. The SMILES string of the molecule is CN=C(NCCC(F)(F)F)NCC1CCCN(C(C)C)C1. The van der Waals surface area contributed by atoms with Crippen LogP contribution in [0, 0.1) is 5.92 Å². The van der Waals surface area contributed by atoms with E-state index in [2.05, 4.69) is 34.4 Å². The van der Waals surface area contributed by atoms with Gasteiger partial charge in [0.25, 0.3) is 0 Å². The molecule has 0 amide bonds. The molecule has 0 radical (unpaired) electrons. The smallest absolute Gasteiger partial charge is 0.356 e. The van der Waals surface area contributed by atoms with Crippen LogP contribution < -0.4 is 10.6 Å². The zero-order valence-corrected chi connectivity index (χ0v) is 13.1. The first-order valence-corrected chi connectivity index (χ1v) is 7.57. The maximum Gasteiger partial charge on any atom is 0.390 e. The van der Waals surface area contributed by atoms with Crippen LogP contribution in [0.3, 0.4) is 0 Å². The Morgan fingerprint density at radius 1 is 1.33 bits per heavy atom. The van der Waals surface area contributed by atoms with Gasteiger partial charge >= 0.3 is 6.18 Å². The number of guanidine groups is 1. The summed E-state index contributed by atoms with van der Waals surface area (Å²) in [4.78, 5) is 6.40. The quantitative estimate of drug-likeness (QED) is 0.604. The summed E-state index contributed by atoms with van der Waals surface area (Å²) in [6.45, 7) is 7.14. The number of hydrogen-bond donors (Lipinski definition) is 2. The third kappa shape index (κ3) is 7.55. The summed E-state index contributed by atoms with van der Waals surface area (Å²) >= 11 is 0. The lowest BCUT2D eigenvalue weighted by atomic mass is 9.97. The van der Waals surface area contributed by atoms with Crippen LogP contribution in [0.1, 0.15) is 33.1 Å². The molecular formula is C14H27F3N4. The van der Waals surface area contributed by atoms with Crippen molar-refractivity contribution >= 4 is 5.96 Å². The molecule has 4 nitrogen and oxygen atoms in total. The minimum Gasteiger partial charge on any atom is -0.356 e. The van der Waals surface area contributed by atoms with Gasteiger partial charge in [-0.05, 0) is 39.2 Å². The average Bonchev–Trinajstić information content (AvgIpc) is 2.41. The molecule has 0 bridgehead atoms. The first-order valence-electron chi connectivity index (χ1n) is 7.57. The van der Waals surface area contributed by atoms with Gasteiger partial charge in [0.2, 0.25) is 0 Å². The predicted molar refractivity (Wildman–Crippen MR) is 79.5 cm³/mol. The van der Waals surface area contributed by atoms with E-state index in [1.165, 1.54) is 6.42 Å². The molecule has 0 aliphatic carbocycles. The second kappa shape index (κ2) is 8.46. The second-order valence-corrected chi connectivity index (χ2v) is 5.84. The van der Waals surface area contributed by atoms with E-state index >= 15 is 0 Å². The number of likely N-dealkylation sites (tertiary alicyclic amines) is 1. The van der Waals surface area contributed by atoms with E-state index in [4.69, 9.17) is 0 Å². The lowest BCUT2D eigenvalue weighted by Crippen LogP contribution is -2.46. The van der Waals surface area contributed by atoms with Gasteiger partial charge in [-0.25, -0.2) is 0 Å². The van der Waals surface area contributed by atoms with Gasteiger partial charge in [-0.1, -0.05) is 0 Å². The van der Waals surface area contributed by atoms with Gasteiger partial charge in [-0.3, -0.25) is 4.99 Å². The summed E-state index contributed by atoms with van der Waals surface area (Å²) in [5, 5.41) is 5.83. The molecule has 124 valence electrons. The maximum atomic E-state index is 12.1. The first kappa shape index (κ1) is 18.1. The molecule has 0 saturated carbocycles. The second-order valence-electron chi connectivity index (χ2n) is 5.84. The van der Waals surface area contributed by atoms with Crippen molar-refractivity contribution in [3.63, 3.8) is 0 Å². The number of halogens is 3. The topological polar surface area (TPSA) is 39.7 Å². The van der Waals surface area contributed by atoms with Crippen molar-refractivity contribution in [2.45, 2.75) is 45.3 Å². The Labute approximate surface area is 125 Å². The fourth-order valence-corrected chi connectivity index (χ4v) is 2.52. The molecule has 1 rings (SSSR count). The lowest BCUT2D eigenvalue weighted by Gasteiger charge is -2.35. The summed E-state index contributed by atoms with van der Waals surface area (Å²) < 4.78 is 36.3. The highest BCUT2D eigenvalue weighted by molar-refractivity contribution is 5.79. The fraction of sp³-hybridized carbons (Fsp3) is 0.929. The van der Waals surface area contributed by atoms with Gasteiger partial charge in [-0.2, -0.15) is 13.2 Å². The maximum absolute atomic E-state index is 12.1. The number of nitrogens with one attached hydrogen (secondary N) is 2. The van der Waals surface area contributed by atoms with Crippen molar-refractivity contribution < 1.29 is 13.2 Å². The van der Waals surface area contributed by atoms with E-state index in [-0.39, 0.29) is 6.54 Å². The van der Waals surface area contributed by atoms with Gasteiger partial charge < -0.3 is 15.5 Å². The molecule has 7 heteroatoms. The molecule has 21 heavy (non-hydrogen) atoms. The van der Waals surface area contributed by atoms with Crippen LogP contribution >= 0.6 is 0 Å². The van der Waals surface area contributed by atoms with Crippen molar-refractivity contribution in [1.29, 1.82) is 0 Å². The molecule has 0 aromatic rings. The predicted octanol–water partition coefficient (Wildman–Crippen LogP) is 2.22. The first-order chi connectivity index (χ1) is 9.81. The minimum atomic E-state index is -4.13. The Morgan fingerprint density at radius 3 is 2.62 bits per heavy atom. The van der Waals surface area contributed by atoms with E-state index < -0.39 is 12.6 Å². The highest BCUT2D eigenvalue weighted by Gasteiger charge is 2.26. The molecule has 1 unspecified atom stereocenters. The highest BCUT2D eigenvalue weighted by atomic mass is 19.4. The van der Waals surface area contributed by atoms with E-state index in [0.29, 0.717) is 17.9 Å². The van der Waals surface area contributed by atoms with E-state index in [1.54, 1.807) is 7.05 Å². The van der Waals surface area contributed by atoms with Gasteiger partial charge in [-0.15, -0.1) is 0 Å². The van der Waals surface area contributed by atoms with Crippen LogP contribution in [0.25, 0.3) is 0 Å². The largest absolute Gasteiger partial charge is 0.390 e. The average molecular weight is 308 g/mol. The standard InChI is InChI=1S/C14H27F3N4/c1-11(2)21-8-4-5-12(10-21)9-20-13(18-3)19-7-6-14(15,16)17/h11-12H,4-10H2,1-3H3,(H2,18,19,20). The number of rotatable bonds is 5. The molecular weight excluding hydrogens is 281 g/mol. The minimum absolute atomic E-state index is 0.147. The van der Waals surface area contributed by atoms with Gasteiger partial charge in [0.15, 0.2) is 5.96 Å². The van der Waals surface area contributed by atoms with Crippen LogP contribution in [0.15, 0.2) is 4.99 Å². The van der Waals surface area contributed by atoms with Crippen molar-refractivity contribution in [2.75, 3.05) is 33.2 Å². The summed E-state index contributed by atoms with van der Waals surface area (Å²) in [5.41, 5.74) is 0. The normalized spacial score (nSPS) is 21.7. The Balaban J connectivity index is 2.28. The number of alkyl halides is 3. The van der Waals surface area contributed by atoms with Gasteiger partial charge in [0.1, 0.15) is 0 Å². The van der Waals surface area contributed by atoms with Crippen LogP contribution in [-0.2, 0) is 0 Å². The lowest BCUT2D eigenvalue weighted by molar-refractivity contribution is -0.132. The van der Waals surface area contributed by atoms with Crippen molar-refractivity contribution in [3.05, 3.63) is 0 Å². The highest BCUT2D eigenvalue weighted by Crippen LogP contribution is 2.18. The Bertz CT molecular complexity index is 329. The molecule has 1 atom stereocenters. The molecule has 1 saturated heterocycles. The molecule has 1 aliphatic rings. The Morgan fingerprint density at radius 2 is 2.05 bits per heavy atom. The van der Waals surface area contributed by atoms with Crippen LogP contribution in [-0.4, -0.2) is 56.3 Å². The molecule has 0 spiro atoms. The molecule has 1 fully saturated rings. The van der Waals surface area contributed by atoms with E-state index in [1.807, 2.05) is 0 Å². The van der Waals surface area contributed by atoms with Crippen LogP contribution in [0.2, 0.25) is 0 Å². The number of hydrogen-bond acceptors (Lipinski definition) is 2. The van der Waals surface area contributed by atoms with Gasteiger partial charge in [0.05, 0.1) is 6.42 Å². The Hall–Kier alpha value is -0.980. The number of nitrogens with zero attached hydrogens (tertiary/aromatic N) is 2. The Kier molecular flexibility index (Phi) is 7.28. The zero-order valence-electron chi connectivity index (χ0n) is 13.1. The summed E-state index contributed by atoms with van der Waals surface area (Å²) in [6, 6.07) is 0.539. The van der Waals surface area contributed by atoms with E-state index in [0.717, 1.165) is 26.1 Å². The van der Waals surface area contributed by atoms with Crippen LogP contribution in [0.4, 0.5) is 13.2 Å². The molecule has 2 N–H and O–H groups in total. The van der Waals surface area contributed by atoms with Crippen LogP contribution in [0.5, 0.6) is 0 Å². The summed E-state index contributed by atoms with van der Waals surface area (Å²) in [7, 11) is 1.57. The number of aliphatic imine (C=N–C) groups is 1. The number of piperidine rings is 1. The summed E-state index contributed by atoms with van der Waals surface area (Å²) in [5.74, 6) is 0.961. The molecule has 1 aliphatic heterocycles.